The van der Waals surface area contributed by atoms with Crippen molar-refractivity contribution in [3.8, 4) is 22.0 Å². The first-order valence-corrected chi connectivity index (χ1v) is 13.0. The molecule has 6 nitrogen and oxygen atoms in total. The predicted octanol–water partition coefficient (Wildman–Crippen LogP) is 6.94. The van der Waals surface area contributed by atoms with Crippen molar-refractivity contribution in [3.05, 3.63) is 53.9 Å². The Hall–Kier alpha value is -3.03. The summed E-state index contributed by atoms with van der Waals surface area (Å²) in [5, 5.41) is 5.38. The highest BCUT2D eigenvalue weighted by atomic mass is 35.5. The van der Waals surface area contributed by atoms with E-state index >= 15 is 0 Å². The Balaban J connectivity index is 1.35. The summed E-state index contributed by atoms with van der Waals surface area (Å²) in [5.74, 6) is 3.08. The van der Waals surface area contributed by atoms with Gasteiger partial charge in [0.05, 0.1) is 22.3 Å². The number of aromatic nitrogens is 5. The van der Waals surface area contributed by atoms with Gasteiger partial charge in [-0.15, -0.1) is 11.3 Å². The number of rotatable bonds is 4. The van der Waals surface area contributed by atoms with Gasteiger partial charge in [-0.25, -0.2) is 19.9 Å². The second kappa shape index (κ2) is 8.03. The molecule has 3 aliphatic carbocycles. The molecule has 3 aliphatic rings. The zero-order valence-electron chi connectivity index (χ0n) is 18.5. The van der Waals surface area contributed by atoms with Crippen LogP contribution >= 0.6 is 22.9 Å². The standard InChI is InChI=1S/C26H23ClN6S/c27-22-13-29-26-24(32-22)17(12-28-26)25-31-19(21-10-16-3-1-2-4-20(16)34-21)11-23(33-25)30-18-9-14-5-7-15(18)8-6-14/h1-4,10-15,18H,5-9H2,(H,28,29)(H,30,31,33)/t14?,15?,18-/m1/s1. The fourth-order valence-corrected chi connectivity index (χ4v) is 6.82. The maximum atomic E-state index is 6.16. The van der Waals surface area contributed by atoms with Crippen molar-refractivity contribution in [2.45, 2.75) is 38.1 Å². The van der Waals surface area contributed by atoms with E-state index in [0.717, 1.165) is 33.8 Å². The molecule has 0 radical (unpaired) electrons. The molecular formula is C26H23ClN6S. The molecule has 2 bridgehead atoms. The SMILES string of the molecule is Clc1cnc2[nH]cc(-c3nc(N[C@@H]4CC5CCC4CC5)cc(-c4cc5ccccc5s4)n3)c2n1. The Bertz CT molecular complexity index is 1480. The molecule has 5 aromatic rings. The molecule has 4 aromatic heterocycles. The van der Waals surface area contributed by atoms with E-state index in [9.17, 15) is 0 Å². The van der Waals surface area contributed by atoms with Crippen molar-refractivity contribution < 1.29 is 0 Å². The van der Waals surface area contributed by atoms with Crippen molar-refractivity contribution in [1.82, 2.24) is 24.9 Å². The maximum absolute atomic E-state index is 6.16. The van der Waals surface area contributed by atoms with Crippen LogP contribution in [0.4, 0.5) is 5.82 Å². The second-order valence-electron chi connectivity index (χ2n) is 9.47. The number of nitrogens with zero attached hydrogens (tertiary/aromatic N) is 4. The molecule has 8 heteroatoms. The number of hydrogen-bond acceptors (Lipinski definition) is 6. The van der Waals surface area contributed by atoms with Gasteiger partial charge in [0.2, 0.25) is 0 Å². The third-order valence-electron chi connectivity index (χ3n) is 7.38. The van der Waals surface area contributed by atoms with Gasteiger partial charge in [-0.1, -0.05) is 42.6 Å². The number of nitrogens with one attached hydrogen (secondary N) is 2. The first kappa shape index (κ1) is 20.4. The zero-order chi connectivity index (χ0) is 22.6. The normalized spacial score (nSPS) is 22.0. The number of H-pyrrole nitrogens is 1. The van der Waals surface area contributed by atoms with Crippen LogP contribution in [0.15, 0.2) is 48.8 Å². The molecule has 0 unspecified atom stereocenters. The number of thiophene rings is 1. The van der Waals surface area contributed by atoms with Crippen molar-refractivity contribution in [1.29, 1.82) is 0 Å². The molecule has 34 heavy (non-hydrogen) atoms. The minimum absolute atomic E-state index is 0.352. The average Bonchev–Trinajstić information content (AvgIpc) is 3.49. The third kappa shape index (κ3) is 3.54. The molecule has 4 heterocycles. The fourth-order valence-electron chi connectivity index (χ4n) is 5.66. The minimum Gasteiger partial charge on any atom is -0.367 e. The summed E-state index contributed by atoms with van der Waals surface area (Å²) in [6, 6.07) is 13.2. The van der Waals surface area contributed by atoms with Crippen LogP contribution in [0.1, 0.15) is 32.1 Å². The van der Waals surface area contributed by atoms with E-state index in [2.05, 4.69) is 56.7 Å². The molecule has 8 rings (SSSR count). The van der Waals surface area contributed by atoms with Crippen LogP contribution in [0.2, 0.25) is 5.15 Å². The molecule has 170 valence electrons. The molecule has 2 N–H and O–H groups in total. The lowest BCUT2D eigenvalue weighted by atomic mass is 9.68. The lowest BCUT2D eigenvalue weighted by molar-refractivity contribution is 0.157. The van der Waals surface area contributed by atoms with E-state index in [1.165, 1.54) is 42.2 Å². The lowest BCUT2D eigenvalue weighted by Crippen LogP contribution is -2.40. The van der Waals surface area contributed by atoms with E-state index in [-0.39, 0.29) is 0 Å². The Morgan fingerprint density at radius 3 is 2.74 bits per heavy atom. The van der Waals surface area contributed by atoms with E-state index in [1.54, 1.807) is 17.5 Å². The first-order chi connectivity index (χ1) is 16.7. The predicted molar refractivity (Wildman–Crippen MR) is 138 cm³/mol. The van der Waals surface area contributed by atoms with Crippen LogP contribution in [-0.4, -0.2) is 31.0 Å². The number of fused-ring (bicyclic) bond motifs is 5. The van der Waals surface area contributed by atoms with Gasteiger partial charge < -0.3 is 10.3 Å². The van der Waals surface area contributed by atoms with Gasteiger partial charge in [0.15, 0.2) is 11.5 Å². The molecular weight excluding hydrogens is 464 g/mol. The number of halogens is 1. The number of benzene rings is 1. The van der Waals surface area contributed by atoms with Crippen LogP contribution in [0.3, 0.4) is 0 Å². The Kier molecular flexibility index (Phi) is 4.81. The highest BCUT2D eigenvalue weighted by Gasteiger charge is 2.35. The topological polar surface area (TPSA) is 79.4 Å². The molecule has 0 amide bonds. The van der Waals surface area contributed by atoms with Gasteiger partial charge in [-0.3, -0.25) is 0 Å². The number of hydrogen-bond donors (Lipinski definition) is 2. The van der Waals surface area contributed by atoms with Crippen molar-refractivity contribution in [2.75, 3.05) is 5.32 Å². The van der Waals surface area contributed by atoms with Gasteiger partial charge in [0.25, 0.3) is 0 Å². The largest absolute Gasteiger partial charge is 0.367 e. The Morgan fingerprint density at radius 2 is 1.91 bits per heavy atom. The van der Waals surface area contributed by atoms with Gasteiger partial charge in [-0.05, 0) is 48.6 Å². The van der Waals surface area contributed by atoms with E-state index < -0.39 is 0 Å². The highest BCUT2D eigenvalue weighted by Crippen LogP contribution is 2.43. The second-order valence-corrected chi connectivity index (χ2v) is 10.9. The molecule has 0 aliphatic heterocycles. The van der Waals surface area contributed by atoms with Gasteiger partial charge in [0.1, 0.15) is 16.5 Å². The van der Waals surface area contributed by atoms with Crippen molar-refractivity contribution in [3.63, 3.8) is 0 Å². The summed E-state index contributed by atoms with van der Waals surface area (Å²) >= 11 is 7.92. The molecule has 0 saturated heterocycles. The minimum atomic E-state index is 0.352. The summed E-state index contributed by atoms with van der Waals surface area (Å²) in [6.45, 7) is 0. The van der Waals surface area contributed by atoms with Crippen LogP contribution in [-0.2, 0) is 0 Å². The monoisotopic (exact) mass is 486 g/mol. The quantitative estimate of drug-likeness (QED) is 0.287. The zero-order valence-corrected chi connectivity index (χ0v) is 20.0. The van der Waals surface area contributed by atoms with Crippen LogP contribution in [0.5, 0.6) is 0 Å². The van der Waals surface area contributed by atoms with Crippen LogP contribution in [0.25, 0.3) is 43.2 Å². The fraction of sp³-hybridized carbons (Fsp3) is 0.308. The smallest absolute Gasteiger partial charge is 0.165 e. The average molecular weight is 487 g/mol. The molecule has 3 fully saturated rings. The van der Waals surface area contributed by atoms with Crippen molar-refractivity contribution in [2.24, 2.45) is 11.8 Å². The summed E-state index contributed by atoms with van der Waals surface area (Å²) in [7, 11) is 0. The highest BCUT2D eigenvalue weighted by molar-refractivity contribution is 7.22. The van der Waals surface area contributed by atoms with Gasteiger partial charge >= 0.3 is 0 Å². The van der Waals surface area contributed by atoms with Crippen LogP contribution < -0.4 is 5.32 Å². The maximum Gasteiger partial charge on any atom is 0.165 e. The Labute approximate surface area is 205 Å². The van der Waals surface area contributed by atoms with Gasteiger partial charge in [0, 0.05) is 23.0 Å². The Morgan fingerprint density at radius 1 is 1.03 bits per heavy atom. The van der Waals surface area contributed by atoms with Gasteiger partial charge in [-0.2, -0.15) is 0 Å². The van der Waals surface area contributed by atoms with E-state index in [4.69, 9.17) is 21.6 Å². The number of anilines is 1. The summed E-state index contributed by atoms with van der Waals surface area (Å²) in [4.78, 5) is 23.1. The number of aromatic amines is 1. The molecule has 0 spiro atoms. The lowest BCUT2D eigenvalue weighted by Gasteiger charge is -2.42. The summed E-state index contributed by atoms with van der Waals surface area (Å²) in [5.41, 5.74) is 3.08. The molecule has 3 saturated carbocycles. The first-order valence-electron chi connectivity index (χ1n) is 11.8. The van der Waals surface area contributed by atoms with Crippen LogP contribution in [0, 0.1) is 11.8 Å². The summed E-state index contributed by atoms with van der Waals surface area (Å²) in [6.07, 6.45) is 10.0. The van der Waals surface area contributed by atoms with E-state index in [1.807, 2.05) is 6.20 Å². The van der Waals surface area contributed by atoms with Crippen molar-refractivity contribution >= 4 is 50.0 Å². The molecule has 1 aromatic carbocycles. The molecule has 1 atom stereocenters. The summed E-state index contributed by atoms with van der Waals surface area (Å²) < 4.78 is 1.25. The van der Waals surface area contributed by atoms with E-state index in [0.29, 0.717) is 28.2 Å². The third-order valence-corrected chi connectivity index (χ3v) is 8.70.